The molecule has 1 aliphatic rings. The van der Waals surface area contributed by atoms with E-state index in [-0.39, 0.29) is 17.4 Å². The van der Waals surface area contributed by atoms with Crippen LogP contribution in [0.5, 0.6) is 0 Å². The Kier molecular flexibility index (Phi) is 5.58. The number of fused-ring (bicyclic) bond motifs is 1. The number of esters is 1. The number of ether oxygens (including phenoxy) is 1. The summed E-state index contributed by atoms with van der Waals surface area (Å²) in [6, 6.07) is 14.4. The molecule has 0 saturated carbocycles. The third-order valence-electron chi connectivity index (χ3n) is 3.81. The van der Waals surface area contributed by atoms with Crippen LogP contribution in [0.2, 0.25) is 0 Å². The van der Waals surface area contributed by atoms with Crippen LogP contribution in [0.3, 0.4) is 0 Å². The Balaban J connectivity index is 1.57. The van der Waals surface area contributed by atoms with E-state index in [4.69, 9.17) is 4.74 Å². The van der Waals surface area contributed by atoms with Crippen LogP contribution < -0.4 is 10.6 Å². The van der Waals surface area contributed by atoms with E-state index in [2.05, 4.69) is 10.6 Å². The van der Waals surface area contributed by atoms with Crippen LogP contribution in [0, 0.1) is 0 Å². The second-order valence-electron chi connectivity index (χ2n) is 5.80. The van der Waals surface area contributed by atoms with E-state index in [1.807, 2.05) is 30.3 Å². The predicted octanol–water partition coefficient (Wildman–Crippen LogP) is 2.59. The van der Waals surface area contributed by atoms with Crippen LogP contribution in [0.4, 0.5) is 5.69 Å². The summed E-state index contributed by atoms with van der Waals surface area (Å²) in [6.45, 7) is 1.89. The fraction of sp³-hybridized carbons (Fsp3) is 0.211. The molecular formula is C19H18N2O4S. The highest BCUT2D eigenvalue weighted by Crippen LogP contribution is 2.32. The largest absolute Gasteiger partial charge is 0.449 e. The van der Waals surface area contributed by atoms with Crippen molar-refractivity contribution in [2.45, 2.75) is 24.5 Å². The molecule has 1 heterocycles. The minimum atomic E-state index is -0.925. The molecule has 0 radical (unpaired) electrons. The molecule has 1 aliphatic heterocycles. The number of anilines is 1. The maximum atomic E-state index is 12.3. The molecule has 0 bridgehead atoms. The van der Waals surface area contributed by atoms with Gasteiger partial charge in [0, 0.05) is 11.4 Å². The molecule has 0 unspecified atom stereocenters. The molecule has 2 aromatic rings. The van der Waals surface area contributed by atoms with Crippen molar-refractivity contribution >= 4 is 35.2 Å². The summed E-state index contributed by atoms with van der Waals surface area (Å²) in [5.74, 6) is -0.735. The Labute approximate surface area is 155 Å². The number of hydrogen-bond acceptors (Lipinski definition) is 5. The van der Waals surface area contributed by atoms with E-state index in [0.717, 1.165) is 10.5 Å². The lowest BCUT2D eigenvalue weighted by atomic mass is 10.2. The lowest BCUT2D eigenvalue weighted by molar-refractivity contribution is -0.129. The van der Waals surface area contributed by atoms with Gasteiger partial charge in [-0.2, -0.15) is 0 Å². The Hall–Kier alpha value is -2.80. The van der Waals surface area contributed by atoms with Gasteiger partial charge in [-0.25, -0.2) is 4.79 Å². The number of rotatable bonds is 5. The summed E-state index contributed by atoms with van der Waals surface area (Å²) in [6.07, 6.45) is -0.925. The Morgan fingerprint density at radius 3 is 2.77 bits per heavy atom. The number of thioether (sulfide) groups is 1. The third kappa shape index (κ3) is 4.43. The molecule has 0 saturated heterocycles. The molecule has 6 nitrogen and oxygen atoms in total. The molecule has 0 spiro atoms. The predicted molar refractivity (Wildman–Crippen MR) is 99.0 cm³/mol. The van der Waals surface area contributed by atoms with Crippen molar-refractivity contribution < 1.29 is 19.1 Å². The number of hydrogen-bond donors (Lipinski definition) is 2. The van der Waals surface area contributed by atoms with Gasteiger partial charge in [-0.3, -0.25) is 9.59 Å². The van der Waals surface area contributed by atoms with Crippen LogP contribution in [0.25, 0.3) is 0 Å². The molecule has 134 valence electrons. The SMILES string of the molecule is C[C@H](OC(=O)c1ccc2c(c1)NC(=O)CS2)C(=O)NCc1ccccc1. The van der Waals surface area contributed by atoms with Crippen molar-refractivity contribution in [3.63, 3.8) is 0 Å². The lowest BCUT2D eigenvalue weighted by Crippen LogP contribution is -2.35. The average Bonchev–Trinajstić information content (AvgIpc) is 2.66. The first-order chi connectivity index (χ1) is 12.5. The molecule has 3 rings (SSSR count). The van der Waals surface area contributed by atoms with Crippen molar-refractivity contribution in [2.24, 2.45) is 0 Å². The highest BCUT2D eigenvalue weighted by atomic mass is 32.2. The number of carbonyl (C=O) groups is 3. The Morgan fingerprint density at radius 1 is 1.23 bits per heavy atom. The number of nitrogens with one attached hydrogen (secondary N) is 2. The van der Waals surface area contributed by atoms with E-state index in [1.165, 1.54) is 18.7 Å². The summed E-state index contributed by atoms with van der Waals surface area (Å²) in [5.41, 5.74) is 1.83. The van der Waals surface area contributed by atoms with Gasteiger partial charge in [-0.1, -0.05) is 30.3 Å². The van der Waals surface area contributed by atoms with Gasteiger partial charge in [0.05, 0.1) is 17.0 Å². The summed E-state index contributed by atoms with van der Waals surface area (Å²) in [7, 11) is 0. The van der Waals surface area contributed by atoms with E-state index < -0.39 is 12.1 Å². The summed E-state index contributed by atoms with van der Waals surface area (Å²) in [5, 5.41) is 5.46. The Bertz CT molecular complexity index is 839. The van der Waals surface area contributed by atoms with Gasteiger partial charge < -0.3 is 15.4 Å². The minimum absolute atomic E-state index is 0.110. The van der Waals surface area contributed by atoms with E-state index in [1.54, 1.807) is 18.2 Å². The van der Waals surface area contributed by atoms with Gasteiger partial charge in [0.2, 0.25) is 5.91 Å². The lowest BCUT2D eigenvalue weighted by Gasteiger charge is -2.17. The van der Waals surface area contributed by atoms with Crippen LogP contribution in [0.1, 0.15) is 22.8 Å². The fourth-order valence-corrected chi connectivity index (χ4v) is 3.21. The Morgan fingerprint density at radius 2 is 2.00 bits per heavy atom. The van der Waals surface area contributed by atoms with Gasteiger partial charge in [-0.05, 0) is 30.7 Å². The van der Waals surface area contributed by atoms with Crippen molar-refractivity contribution in [1.82, 2.24) is 5.32 Å². The molecule has 2 aromatic carbocycles. The minimum Gasteiger partial charge on any atom is -0.449 e. The van der Waals surface area contributed by atoms with Crippen LogP contribution >= 0.6 is 11.8 Å². The average molecular weight is 370 g/mol. The van der Waals surface area contributed by atoms with Crippen molar-refractivity contribution in [2.75, 3.05) is 11.1 Å². The molecule has 2 N–H and O–H groups in total. The zero-order valence-electron chi connectivity index (χ0n) is 14.2. The van der Waals surface area contributed by atoms with Gasteiger partial charge in [-0.15, -0.1) is 11.8 Å². The second-order valence-corrected chi connectivity index (χ2v) is 6.82. The van der Waals surface area contributed by atoms with E-state index in [0.29, 0.717) is 18.0 Å². The summed E-state index contributed by atoms with van der Waals surface area (Å²) >= 11 is 1.41. The molecule has 0 aliphatic carbocycles. The molecule has 7 heteroatoms. The smallest absolute Gasteiger partial charge is 0.338 e. The molecule has 2 amide bonds. The van der Waals surface area contributed by atoms with Gasteiger partial charge >= 0.3 is 5.97 Å². The van der Waals surface area contributed by atoms with Crippen molar-refractivity contribution in [1.29, 1.82) is 0 Å². The standard InChI is InChI=1S/C19H18N2O4S/c1-12(18(23)20-10-13-5-3-2-4-6-13)25-19(24)14-7-8-16-15(9-14)21-17(22)11-26-16/h2-9,12H,10-11H2,1H3,(H,20,23)(H,21,22)/t12-/m0/s1. The molecule has 1 atom stereocenters. The third-order valence-corrected chi connectivity index (χ3v) is 4.88. The maximum Gasteiger partial charge on any atom is 0.338 e. The van der Waals surface area contributed by atoms with Gasteiger partial charge in [0.1, 0.15) is 0 Å². The first-order valence-corrected chi connectivity index (χ1v) is 9.11. The monoisotopic (exact) mass is 370 g/mol. The first kappa shape index (κ1) is 18.0. The van der Waals surface area contributed by atoms with Gasteiger partial charge in [0.25, 0.3) is 5.91 Å². The highest BCUT2D eigenvalue weighted by molar-refractivity contribution is 8.00. The summed E-state index contributed by atoms with van der Waals surface area (Å²) in [4.78, 5) is 36.7. The zero-order chi connectivity index (χ0) is 18.5. The maximum absolute atomic E-state index is 12.3. The van der Waals surface area contributed by atoms with Crippen LogP contribution in [0.15, 0.2) is 53.4 Å². The quantitative estimate of drug-likeness (QED) is 0.791. The number of carbonyl (C=O) groups excluding carboxylic acids is 3. The van der Waals surface area contributed by atoms with Crippen LogP contribution in [-0.4, -0.2) is 29.6 Å². The second kappa shape index (κ2) is 8.05. The molecule has 0 aromatic heterocycles. The fourth-order valence-electron chi connectivity index (χ4n) is 2.42. The topological polar surface area (TPSA) is 84.5 Å². The van der Waals surface area contributed by atoms with Crippen LogP contribution in [-0.2, 0) is 20.9 Å². The normalized spacial score (nSPS) is 14.0. The number of amides is 2. The van der Waals surface area contributed by atoms with E-state index in [9.17, 15) is 14.4 Å². The van der Waals surface area contributed by atoms with Crippen molar-refractivity contribution in [3.8, 4) is 0 Å². The highest BCUT2D eigenvalue weighted by Gasteiger charge is 2.21. The summed E-state index contributed by atoms with van der Waals surface area (Å²) < 4.78 is 5.23. The molecule has 26 heavy (non-hydrogen) atoms. The first-order valence-electron chi connectivity index (χ1n) is 8.12. The van der Waals surface area contributed by atoms with Crippen molar-refractivity contribution in [3.05, 3.63) is 59.7 Å². The molecule has 0 fully saturated rings. The van der Waals surface area contributed by atoms with Gasteiger partial charge in [0.15, 0.2) is 6.10 Å². The van der Waals surface area contributed by atoms with E-state index >= 15 is 0 Å². The zero-order valence-corrected chi connectivity index (χ0v) is 15.0. The number of benzene rings is 2. The molecular weight excluding hydrogens is 352 g/mol.